The molecule has 0 heterocycles. The fourth-order valence-corrected chi connectivity index (χ4v) is 8.08. The molecule has 0 fully saturated rings. The molecular weight excluding hydrogens is 755 g/mol. The van der Waals surface area contributed by atoms with Crippen molar-refractivity contribution in [3.05, 3.63) is 89.0 Å². The largest absolute Gasteiger partial charge is 0.496 e. The van der Waals surface area contributed by atoms with Gasteiger partial charge in [0.2, 0.25) is 0 Å². The van der Waals surface area contributed by atoms with Crippen molar-refractivity contribution in [2.24, 2.45) is 0 Å². The lowest BCUT2D eigenvalue weighted by Crippen LogP contribution is -2.28. The number of alkyl halides is 12. The monoisotopic (exact) mass is 786 g/mol. The second-order valence-electron chi connectivity index (χ2n) is 12.0. The van der Waals surface area contributed by atoms with Gasteiger partial charge in [0.1, 0.15) is 23.0 Å². The van der Waals surface area contributed by atoms with Crippen LogP contribution in [-0.2, 0) is 24.7 Å². The predicted molar refractivity (Wildman–Crippen MR) is 175 cm³/mol. The van der Waals surface area contributed by atoms with Crippen LogP contribution in [0.4, 0.5) is 52.7 Å². The zero-order valence-electron chi connectivity index (χ0n) is 28.6. The summed E-state index contributed by atoms with van der Waals surface area (Å²) in [5.41, 5.74) is -7.62. The predicted octanol–water partition coefficient (Wildman–Crippen LogP) is 10.8. The molecule has 4 rings (SSSR count). The molecule has 0 aliphatic carbocycles. The van der Waals surface area contributed by atoms with Crippen molar-refractivity contribution in [2.45, 2.75) is 64.6 Å². The zero-order valence-corrected chi connectivity index (χ0v) is 29.5. The first kappa shape index (κ1) is 41.4. The lowest BCUT2D eigenvalue weighted by molar-refractivity contribution is -0.144. The summed E-state index contributed by atoms with van der Waals surface area (Å²) in [4.78, 5) is 0. The second-order valence-corrected chi connectivity index (χ2v) is 14.2. The summed E-state index contributed by atoms with van der Waals surface area (Å²) < 4.78 is 194. The van der Waals surface area contributed by atoms with Crippen molar-refractivity contribution >= 4 is 23.8 Å². The smallest absolute Gasteiger partial charge is 0.416 e. The van der Waals surface area contributed by atoms with Crippen LogP contribution in [0, 0.1) is 0 Å². The van der Waals surface area contributed by atoms with Gasteiger partial charge < -0.3 is 18.9 Å². The van der Waals surface area contributed by atoms with E-state index < -0.39 is 83.0 Å². The van der Waals surface area contributed by atoms with Gasteiger partial charge >= 0.3 is 24.7 Å². The van der Waals surface area contributed by atoms with Crippen LogP contribution in [0.2, 0.25) is 0 Å². The third kappa shape index (κ3) is 9.43. The summed E-state index contributed by atoms with van der Waals surface area (Å²) in [6.45, 7) is 6.55. The highest BCUT2D eigenvalue weighted by Gasteiger charge is 2.42. The van der Waals surface area contributed by atoms with Gasteiger partial charge in [0.05, 0.1) is 54.2 Å². The van der Waals surface area contributed by atoms with Crippen molar-refractivity contribution in [1.29, 1.82) is 0 Å². The normalized spacial score (nSPS) is 12.8. The Bertz CT molecular complexity index is 1760. The zero-order chi connectivity index (χ0) is 39.8. The van der Waals surface area contributed by atoms with Crippen LogP contribution in [0.1, 0.15) is 49.9 Å². The highest BCUT2D eigenvalue weighted by atomic mass is 31.1. The van der Waals surface area contributed by atoms with Gasteiger partial charge in [-0.3, -0.25) is 0 Å². The molecule has 0 aromatic heterocycles. The van der Waals surface area contributed by atoms with Crippen molar-refractivity contribution in [2.75, 3.05) is 14.2 Å². The fourth-order valence-electron chi connectivity index (χ4n) is 5.36. The Morgan fingerprint density at radius 2 is 0.792 bits per heavy atom. The SMILES string of the molecule is COc1ccc(OC)c(P(c2cc(C(F)(F)F)cc(C(F)(F)F)c2)c2cc(C(F)(F)F)cc(C(F)(F)F)c2)c1-c1c(OC(C)C)cccc1OC(C)C. The number of halogens is 12. The molecule has 4 aromatic rings. The Labute approximate surface area is 297 Å². The molecule has 0 saturated carbocycles. The Morgan fingerprint density at radius 3 is 1.09 bits per heavy atom. The van der Waals surface area contributed by atoms with Crippen LogP contribution in [0.25, 0.3) is 11.1 Å². The summed E-state index contributed by atoms with van der Waals surface area (Å²) in [5.74, 6) is -0.409. The van der Waals surface area contributed by atoms with Gasteiger partial charge in [0, 0.05) is 10.9 Å². The molecule has 0 aliphatic rings. The highest BCUT2D eigenvalue weighted by Crippen LogP contribution is 2.51. The molecule has 17 heteroatoms. The van der Waals surface area contributed by atoms with Gasteiger partial charge in [-0.05, 0) is 107 Å². The summed E-state index contributed by atoms with van der Waals surface area (Å²) >= 11 is 0. The van der Waals surface area contributed by atoms with Gasteiger partial charge in [-0.2, -0.15) is 52.7 Å². The van der Waals surface area contributed by atoms with Crippen LogP contribution < -0.4 is 34.9 Å². The van der Waals surface area contributed by atoms with Crippen LogP contribution in [-0.4, -0.2) is 26.4 Å². The molecule has 4 aromatic carbocycles. The van der Waals surface area contributed by atoms with Crippen LogP contribution in [0.15, 0.2) is 66.7 Å². The molecule has 0 saturated heterocycles. The maximum absolute atomic E-state index is 14.3. The van der Waals surface area contributed by atoms with Gasteiger partial charge in [0.25, 0.3) is 0 Å². The van der Waals surface area contributed by atoms with E-state index in [9.17, 15) is 52.7 Å². The minimum absolute atomic E-state index is 0.0146. The van der Waals surface area contributed by atoms with Gasteiger partial charge in [-0.25, -0.2) is 0 Å². The first-order valence-electron chi connectivity index (χ1n) is 15.5. The second kappa shape index (κ2) is 15.2. The molecule has 0 radical (unpaired) electrons. The van der Waals surface area contributed by atoms with Crippen LogP contribution in [0.3, 0.4) is 0 Å². The number of rotatable bonds is 10. The van der Waals surface area contributed by atoms with E-state index in [4.69, 9.17) is 18.9 Å². The number of benzene rings is 4. The van der Waals surface area contributed by atoms with Gasteiger partial charge in [0.15, 0.2) is 0 Å². The highest BCUT2D eigenvalue weighted by molar-refractivity contribution is 7.80. The molecule has 0 amide bonds. The Kier molecular flexibility index (Phi) is 11.9. The number of hydrogen-bond donors (Lipinski definition) is 0. The average molecular weight is 787 g/mol. The number of methoxy groups -OCH3 is 2. The van der Waals surface area contributed by atoms with E-state index in [1.54, 1.807) is 27.7 Å². The minimum Gasteiger partial charge on any atom is -0.496 e. The molecule has 53 heavy (non-hydrogen) atoms. The first-order chi connectivity index (χ1) is 24.4. The molecule has 0 atom stereocenters. The van der Waals surface area contributed by atoms with E-state index in [2.05, 4.69) is 0 Å². The standard InChI is InChI=1S/C36H31F12O4P/c1-18(2)51-27-8-7-9-28(52-19(3)4)30(27)31-26(49-5)10-11-29(50-6)32(31)53(24-14-20(33(37,38)39)12-21(15-24)34(40,41)42)25-16-22(35(43,44)45)13-23(17-25)36(46,47)48/h7-19H,1-6H3. The van der Waals surface area contributed by atoms with Gasteiger partial charge in [-0.15, -0.1) is 0 Å². The number of ether oxygens (including phenoxy) is 4. The lowest BCUT2D eigenvalue weighted by Gasteiger charge is -2.29. The molecule has 0 unspecified atom stereocenters. The third-order valence-corrected chi connectivity index (χ3v) is 9.83. The van der Waals surface area contributed by atoms with Crippen molar-refractivity contribution in [3.63, 3.8) is 0 Å². The molecular formula is C36H31F12O4P. The fraction of sp³-hybridized carbons (Fsp3) is 0.333. The third-order valence-electron chi connectivity index (χ3n) is 7.39. The van der Waals surface area contributed by atoms with E-state index >= 15 is 0 Å². The average Bonchev–Trinajstić information content (AvgIpc) is 3.02. The first-order valence-corrected chi connectivity index (χ1v) is 16.8. The van der Waals surface area contributed by atoms with E-state index in [1.807, 2.05) is 0 Å². The van der Waals surface area contributed by atoms with Crippen LogP contribution >= 0.6 is 7.92 Å². The molecule has 0 N–H and O–H groups in total. The summed E-state index contributed by atoms with van der Waals surface area (Å²) in [7, 11) is -1.06. The van der Waals surface area contributed by atoms with E-state index in [0.29, 0.717) is 0 Å². The quantitative estimate of drug-likeness (QED) is 0.119. The number of hydrogen-bond acceptors (Lipinski definition) is 4. The summed E-state index contributed by atoms with van der Waals surface area (Å²) in [6, 6.07) is 7.55. The topological polar surface area (TPSA) is 36.9 Å². The molecule has 288 valence electrons. The maximum Gasteiger partial charge on any atom is 0.416 e. The lowest BCUT2D eigenvalue weighted by atomic mass is 10.0. The Hall–Kier alpha value is -4.33. The van der Waals surface area contributed by atoms with E-state index in [0.717, 1.165) is 14.2 Å². The van der Waals surface area contributed by atoms with Crippen molar-refractivity contribution in [1.82, 2.24) is 0 Å². The van der Waals surface area contributed by atoms with E-state index in [1.165, 1.54) is 30.3 Å². The van der Waals surface area contributed by atoms with Crippen molar-refractivity contribution in [3.8, 4) is 34.1 Å². The molecule has 4 nitrogen and oxygen atoms in total. The Balaban J connectivity index is 2.37. The molecule has 0 aliphatic heterocycles. The Morgan fingerprint density at radius 1 is 0.453 bits per heavy atom. The summed E-state index contributed by atoms with van der Waals surface area (Å²) in [6.07, 6.45) is -22.8. The minimum atomic E-state index is -5.43. The maximum atomic E-state index is 14.3. The summed E-state index contributed by atoms with van der Waals surface area (Å²) in [5, 5.41) is -2.21. The van der Waals surface area contributed by atoms with Gasteiger partial charge in [-0.1, -0.05) is 6.07 Å². The van der Waals surface area contributed by atoms with E-state index in [-0.39, 0.29) is 70.5 Å². The molecule has 0 bridgehead atoms. The van der Waals surface area contributed by atoms with Crippen molar-refractivity contribution < 1.29 is 71.6 Å². The van der Waals surface area contributed by atoms with Crippen LogP contribution in [0.5, 0.6) is 23.0 Å². The molecule has 0 spiro atoms.